The highest BCUT2D eigenvalue weighted by molar-refractivity contribution is 9.10. The van der Waals surface area contributed by atoms with Crippen LogP contribution in [-0.4, -0.2) is 20.7 Å². The number of halogens is 1. The second kappa shape index (κ2) is 7.02. The van der Waals surface area contributed by atoms with Gasteiger partial charge in [0.1, 0.15) is 12.7 Å². The molecule has 0 aliphatic carbocycles. The largest absolute Gasteiger partial charge is 0.321 e. The van der Waals surface area contributed by atoms with Crippen molar-refractivity contribution < 1.29 is 4.79 Å². The SMILES string of the molecule is O=C(C=Cc1ccccc1Br)Nc1ccccc1-n1cncn1. The van der Waals surface area contributed by atoms with Crippen LogP contribution >= 0.6 is 15.9 Å². The molecule has 0 radical (unpaired) electrons. The van der Waals surface area contributed by atoms with Crippen molar-refractivity contribution in [3.63, 3.8) is 0 Å². The van der Waals surface area contributed by atoms with Crippen molar-refractivity contribution in [1.29, 1.82) is 0 Å². The number of amides is 1. The second-order valence-corrected chi connectivity index (χ2v) is 5.56. The first kappa shape index (κ1) is 15.2. The van der Waals surface area contributed by atoms with Crippen LogP contribution in [-0.2, 0) is 4.79 Å². The summed E-state index contributed by atoms with van der Waals surface area (Å²) in [5, 5.41) is 6.95. The number of para-hydroxylation sites is 2. The van der Waals surface area contributed by atoms with Crippen LogP contribution in [0.3, 0.4) is 0 Å². The zero-order chi connectivity index (χ0) is 16.1. The Hall–Kier alpha value is -2.73. The Labute approximate surface area is 141 Å². The van der Waals surface area contributed by atoms with E-state index in [0.717, 1.165) is 15.7 Å². The highest BCUT2D eigenvalue weighted by atomic mass is 79.9. The van der Waals surface area contributed by atoms with E-state index in [-0.39, 0.29) is 5.91 Å². The molecule has 0 unspecified atom stereocenters. The average Bonchev–Trinajstić information content (AvgIpc) is 3.09. The van der Waals surface area contributed by atoms with Gasteiger partial charge in [-0.25, -0.2) is 9.67 Å². The van der Waals surface area contributed by atoms with E-state index < -0.39 is 0 Å². The normalized spacial score (nSPS) is 10.8. The fourth-order valence-electron chi connectivity index (χ4n) is 2.06. The maximum atomic E-state index is 12.2. The van der Waals surface area contributed by atoms with Crippen LogP contribution in [0, 0.1) is 0 Å². The molecular weight excluding hydrogens is 356 g/mol. The average molecular weight is 369 g/mol. The van der Waals surface area contributed by atoms with Gasteiger partial charge in [0.2, 0.25) is 5.91 Å². The number of hydrogen-bond acceptors (Lipinski definition) is 3. The Balaban J connectivity index is 1.78. The van der Waals surface area contributed by atoms with Gasteiger partial charge in [0, 0.05) is 10.5 Å². The first-order valence-electron chi connectivity index (χ1n) is 6.91. The van der Waals surface area contributed by atoms with Crippen molar-refractivity contribution in [2.45, 2.75) is 0 Å². The Kier molecular flexibility index (Phi) is 4.63. The van der Waals surface area contributed by atoms with Crippen LogP contribution in [0.4, 0.5) is 5.69 Å². The van der Waals surface area contributed by atoms with Crippen molar-refractivity contribution in [2.75, 3.05) is 5.32 Å². The van der Waals surface area contributed by atoms with E-state index >= 15 is 0 Å². The number of hydrogen-bond donors (Lipinski definition) is 1. The zero-order valence-electron chi connectivity index (χ0n) is 12.1. The third kappa shape index (κ3) is 3.73. The van der Waals surface area contributed by atoms with Crippen molar-refractivity contribution in [2.24, 2.45) is 0 Å². The molecule has 0 fully saturated rings. The molecule has 0 atom stereocenters. The van der Waals surface area contributed by atoms with Crippen LogP contribution in [0.1, 0.15) is 5.56 Å². The smallest absolute Gasteiger partial charge is 0.248 e. The molecule has 0 saturated heterocycles. The van der Waals surface area contributed by atoms with Gasteiger partial charge in [-0.3, -0.25) is 4.79 Å². The first-order chi connectivity index (χ1) is 11.2. The Morgan fingerprint density at radius 3 is 2.70 bits per heavy atom. The number of nitrogens with one attached hydrogen (secondary N) is 1. The van der Waals surface area contributed by atoms with E-state index in [9.17, 15) is 4.79 Å². The minimum atomic E-state index is -0.215. The highest BCUT2D eigenvalue weighted by Crippen LogP contribution is 2.19. The lowest BCUT2D eigenvalue weighted by molar-refractivity contribution is -0.111. The first-order valence-corrected chi connectivity index (χ1v) is 7.71. The number of nitrogens with zero attached hydrogens (tertiary/aromatic N) is 3. The molecule has 23 heavy (non-hydrogen) atoms. The monoisotopic (exact) mass is 368 g/mol. The number of aromatic nitrogens is 3. The van der Waals surface area contributed by atoms with Crippen LogP contribution in [0.25, 0.3) is 11.8 Å². The van der Waals surface area contributed by atoms with Gasteiger partial charge in [0.05, 0.1) is 11.4 Å². The van der Waals surface area contributed by atoms with Crippen molar-refractivity contribution in [1.82, 2.24) is 14.8 Å². The topological polar surface area (TPSA) is 59.8 Å². The molecule has 0 spiro atoms. The van der Waals surface area contributed by atoms with Gasteiger partial charge in [-0.15, -0.1) is 0 Å². The lowest BCUT2D eigenvalue weighted by atomic mass is 10.2. The molecule has 0 bridgehead atoms. The van der Waals surface area contributed by atoms with Crippen LogP contribution in [0.15, 0.2) is 71.7 Å². The van der Waals surface area contributed by atoms with Crippen LogP contribution in [0.5, 0.6) is 0 Å². The van der Waals surface area contributed by atoms with Gasteiger partial charge >= 0.3 is 0 Å². The van der Waals surface area contributed by atoms with Gasteiger partial charge in [0.15, 0.2) is 0 Å². The molecule has 6 heteroatoms. The molecular formula is C17H13BrN4O. The van der Waals surface area contributed by atoms with Gasteiger partial charge in [-0.2, -0.15) is 5.10 Å². The van der Waals surface area contributed by atoms with E-state index in [4.69, 9.17) is 0 Å². The molecule has 0 saturated carbocycles. The fourth-order valence-corrected chi connectivity index (χ4v) is 2.48. The van der Waals surface area contributed by atoms with Gasteiger partial charge in [-0.05, 0) is 29.8 Å². The summed E-state index contributed by atoms with van der Waals surface area (Å²) in [4.78, 5) is 16.1. The molecule has 3 rings (SSSR count). The maximum Gasteiger partial charge on any atom is 0.248 e. The van der Waals surface area contributed by atoms with Gasteiger partial charge < -0.3 is 5.32 Å². The summed E-state index contributed by atoms with van der Waals surface area (Å²) in [7, 11) is 0. The van der Waals surface area contributed by atoms with E-state index in [1.807, 2.05) is 48.5 Å². The molecule has 0 aliphatic rings. The molecule has 3 aromatic rings. The molecule has 114 valence electrons. The van der Waals surface area contributed by atoms with E-state index in [1.165, 1.54) is 12.4 Å². The van der Waals surface area contributed by atoms with E-state index in [2.05, 4.69) is 31.3 Å². The molecule has 1 amide bonds. The lowest BCUT2D eigenvalue weighted by Gasteiger charge is -2.09. The van der Waals surface area contributed by atoms with E-state index in [0.29, 0.717) is 5.69 Å². The fraction of sp³-hybridized carbons (Fsp3) is 0. The van der Waals surface area contributed by atoms with Gasteiger partial charge in [-0.1, -0.05) is 46.3 Å². The van der Waals surface area contributed by atoms with Crippen LogP contribution in [0.2, 0.25) is 0 Å². The molecule has 1 heterocycles. The quantitative estimate of drug-likeness (QED) is 0.714. The Bertz CT molecular complexity index is 843. The maximum absolute atomic E-state index is 12.2. The summed E-state index contributed by atoms with van der Waals surface area (Å²) in [6.45, 7) is 0. The number of rotatable bonds is 4. The third-order valence-electron chi connectivity index (χ3n) is 3.15. The highest BCUT2D eigenvalue weighted by Gasteiger charge is 2.06. The summed E-state index contributed by atoms with van der Waals surface area (Å²) in [6.07, 6.45) is 6.29. The summed E-state index contributed by atoms with van der Waals surface area (Å²) in [6, 6.07) is 15.1. The predicted octanol–water partition coefficient (Wildman–Crippen LogP) is 3.68. The molecule has 1 N–H and O–H groups in total. The number of anilines is 1. The summed E-state index contributed by atoms with van der Waals surface area (Å²) in [5.41, 5.74) is 2.36. The summed E-state index contributed by atoms with van der Waals surface area (Å²) in [5.74, 6) is -0.215. The summed E-state index contributed by atoms with van der Waals surface area (Å²) < 4.78 is 2.54. The van der Waals surface area contributed by atoms with E-state index in [1.54, 1.807) is 17.1 Å². The molecule has 5 nitrogen and oxygen atoms in total. The van der Waals surface area contributed by atoms with Gasteiger partial charge in [0.25, 0.3) is 0 Å². The Morgan fingerprint density at radius 1 is 1.13 bits per heavy atom. The van der Waals surface area contributed by atoms with Crippen molar-refractivity contribution in [3.05, 3.63) is 77.3 Å². The third-order valence-corrected chi connectivity index (χ3v) is 3.87. The summed E-state index contributed by atoms with van der Waals surface area (Å²) >= 11 is 3.45. The minimum Gasteiger partial charge on any atom is -0.321 e. The molecule has 0 aliphatic heterocycles. The number of benzene rings is 2. The molecule has 2 aromatic carbocycles. The Morgan fingerprint density at radius 2 is 1.91 bits per heavy atom. The number of carbonyl (C=O) groups excluding carboxylic acids is 1. The van der Waals surface area contributed by atoms with Crippen molar-refractivity contribution in [3.8, 4) is 5.69 Å². The minimum absolute atomic E-state index is 0.215. The van der Waals surface area contributed by atoms with Crippen LogP contribution < -0.4 is 5.32 Å². The molecule has 1 aromatic heterocycles. The zero-order valence-corrected chi connectivity index (χ0v) is 13.6. The lowest BCUT2D eigenvalue weighted by Crippen LogP contribution is -2.10. The predicted molar refractivity (Wildman–Crippen MR) is 93.2 cm³/mol. The van der Waals surface area contributed by atoms with Crippen molar-refractivity contribution >= 4 is 33.6 Å². The standard InChI is InChI=1S/C17H13BrN4O/c18-14-6-2-1-5-13(14)9-10-17(23)21-15-7-3-4-8-16(15)22-12-19-11-20-22/h1-12H,(H,21,23). The second-order valence-electron chi connectivity index (χ2n) is 4.70. The number of carbonyl (C=O) groups is 1.